The van der Waals surface area contributed by atoms with E-state index < -0.39 is 0 Å². The molecule has 1 aromatic heterocycles. The van der Waals surface area contributed by atoms with Crippen LogP contribution in [0.2, 0.25) is 0 Å². The zero-order chi connectivity index (χ0) is 24.9. The number of hydrogen-bond acceptors (Lipinski definition) is 8. The highest BCUT2D eigenvalue weighted by molar-refractivity contribution is 5.82. The molecule has 3 fully saturated rings. The third-order valence-electron chi connectivity index (χ3n) is 7.44. The summed E-state index contributed by atoms with van der Waals surface area (Å²) in [6.07, 6.45) is 8.06. The fourth-order valence-electron chi connectivity index (χ4n) is 5.47. The number of carbonyl (C=O) groups is 2. The molecule has 0 radical (unpaired) electrons. The number of piperazine rings is 1. The molecule has 1 aliphatic carbocycles. The summed E-state index contributed by atoms with van der Waals surface area (Å²) in [4.78, 5) is 37.9. The SMILES string of the molecule is COc1cc(Nc2ncc(C[C@@H]3CCNC3=O)c(N(C=O)C3CCCC3)n2)ccc1N1CCNCC1. The molecule has 1 aromatic carbocycles. The number of nitrogens with one attached hydrogen (secondary N) is 3. The standard InChI is InChI=1S/C26H35N7O3/c1-36-23-15-20(6-7-22(23)32-12-10-27-11-13-32)30-26-29-16-19(14-18-8-9-28-25(18)35)24(31-26)33(17-34)21-4-2-3-5-21/h6-7,15-18,21,27H,2-5,8-14H2,1H3,(H,28,35)(H,29,30,31)/t18-/m0/s1. The van der Waals surface area contributed by atoms with Gasteiger partial charge in [-0.2, -0.15) is 4.98 Å². The monoisotopic (exact) mass is 493 g/mol. The van der Waals surface area contributed by atoms with Gasteiger partial charge in [0.15, 0.2) is 0 Å². The normalized spacial score (nSPS) is 20.3. The van der Waals surface area contributed by atoms with Crippen LogP contribution in [0.25, 0.3) is 0 Å². The quantitative estimate of drug-likeness (QED) is 0.456. The predicted octanol–water partition coefficient (Wildman–Crippen LogP) is 2.22. The number of amides is 2. The maximum Gasteiger partial charge on any atom is 0.229 e. The Hall–Kier alpha value is -3.40. The molecule has 10 nitrogen and oxygen atoms in total. The van der Waals surface area contributed by atoms with Crippen molar-refractivity contribution in [2.45, 2.75) is 44.6 Å². The van der Waals surface area contributed by atoms with Crippen molar-refractivity contribution in [3.63, 3.8) is 0 Å². The molecule has 0 bridgehead atoms. The molecular weight excluding hydrogens is 458 g/mol. The third-order valence-corrected chi connectivity index (χ3v) is 7.44. The van der Waals surface area contributed by atoms with Crippen LogP contribution in [0.3, 0.4) is 0 Å². The maximum atomic E-state index is 12.2. The highest BCUT2D eigenvalue weighted by Gasteiger charge is 2.30. The Kier molecular flexibility index (Phi) is 7.50. The van der Waals surface area contributed by atoms with Crippen LogP contribution in [0.1, 0.15) is 37.7 Å². The number of rotatable bonds is 9. The van der Waals surface area contributed by atoms with E-state index >= 15 is 0 Å². The number of carbonyl (C=O) groups excluding carboxylic acids is 2. The molecule has 0 spiro atoms. The van der Waals surface area contributed by atoms with Crippen molar-refractivity contribution in [2.75, 3.05) is 55.0 Å². The van der Waals surface area contributed by atoms with Gasteiger partial charge in [-0.05, 0) is 37.8 Å². The van der Waals surface area contributed by atoms with Gasteiger partial charge in [-0.15, -0.1) is 0 Å². The topological polar surface area (TPSA) is 112 Å². The average molecular weight is 494 g/mol. The molecule has 1 saturated carbocycles. The largest absolute Gasteiger partial charge is 0.495 e. The minimum atomic E-state index is -0.120. The van der Waals surface area contributed by atoms with Crippen LogP contribution >= 0.6 is 0 Å². The lowest BCUT2D eigenvalue weighted by Gasteiger charge is -2.30. The summed E-state index contributed by atoms with van der Waals surface area (Å²) in [6, 6.07) is 6.12. The minimum Gasteiger partial charge on any atom is -0.495 e. The van der Waals surface area contributed by atoms with Crippen molar-refractivity contribution in [1.82, 2.24) is 20.6 Å². The van der Waals surface area contributed by atoms with E-state index in [0.717, 1.165) is 87.4 Å². The van der Waals surface area contributed by atoms with Gasteiger partial charge in [0, 0.05) is 68.2 Å². The van der Waals surface area contributed by atoms with Gasteiger partial charge >= 0.3 is 0 Å². The second kappa shape index (κ2) is 11.1. The first-order valence-corrected chi connectivity index (χ1v) is 12.9. The van der Waals surface area contributed by atoms with Crippen molar-refractivity contribution in [2.24, 2.45) is 5.92 Å². The number of nitrogens with zero attached hydrogens (tertiary/aromatic N) is 4. The summed E-state index contributed by atoms with van der Waals surface area (Å²) >= 11 is 0. The van der Waals surface area contributed by atoms with Crippen LogP contribution in [0.5, 0.6) is 5.75 Å². The Morgan fingerprint density at radius 3 is 2.69 bits per heavy atom. The van der Waals surface area contributed by atoms with Gasteiger partial charge in [-0.3, -0.25) is 14.5 Å². The highest BCUT2D eigenvalue weighted by atomic mass is 16.5. The number of ether oxygens (including phenoxy) is 1. The van der Waals surface area contributed by atoms with Crippen LogP contribution in [0.4, 0.5) is 23.1 Å². The van der Waals surface area contributed by atoms with Crippen LogP contribution in [0, 0.1) is 5.92 Å². The van der Waals surface area contributed by atoms with Gasteiger partial charge in [0.2, 0.25) is 18.3 Å². The Morgan fingerprint density at radius 2 is 2.00 bits per heavy atom. The van der Waals surface area contributed by atoms with Crippen molar-refractivity contribution >= 4 is 35.5 Å². The number of anilines is 4. The lowest BCUT2D eigenvalue weighted by molar-refractivity contribution is -0.122. The first-order valence-electron chi connectivity index (χ1n) is 12.9. The smallest absolute Gasteiger partial charge is 0.229 e. The fourth-order valence-corrected chi connectivity index (χ4v) is 5.47. The molecule has 2 saturated heterocycles. The molecule has 2 aromatic rings. The van der Waals surface area contributed by atoms with E-state index in [1.54, 1.807) is 18.2 Å². The Balaban J connectivity index is 1.42. The minimum absolute atomic E-state index is 0.0540. The molecule has 3 N–H and O–H groups in total. The number of methoxy groups -OCH3 is 1. The van der Waals surface area contributed by atoms with E-state index in [4.69, 9.17) is 9.72 Å². The predicted molar refractivity (Wildman–Crippen MR) is 139 cm³/mol. The molecule has 0 unspecified atom stereocenters. The molecule has 1 atom stereocenters. The van der Waals surface area contributed by atoms with Crippen LogP contribution in [-0.2, 0) is 16.0 Å². The van der Waals surface area contributed by atoms with Crippen LogP contribution in [-0.4, -0.2) is 68.2 Å². The molecule has 3 aliphatic rings. The van der Waals surface area contributed by atoms with Crippen molar-refractivity contribution in [1.29, 1.82) is 0 Å². The third kappa shape index (κ3) is 5.23. The molecule has 3 heterocycles. The van der Waals surface area contributed by atoms with Gasteiger partial charge in [0.1, 0.15) is 11.6 Å². The van der Waals surface area contributed by atoms with Crippen molar-refractivity contribution < 1.29 is 14.3 Å². The Bertz CT molecular complexity index is 1080. The summed E-state index contributed by atoms with van der Waals surface area (Å²) in [5.41, 5.74) is 2.69. The van der Waals surface area contributed by atoms with Crippen LogP contribution in [0.15, 0.2) is 24.4 Å². The molecule has 192 valence electrons. The Labute approximate surface area is 211 Å². The van der Waals surface area contributed by atoms with Gasteiger partial charge < -0.3 is 25.6 Å². The van der Waals surface area contributed by atoms with Gasteiger partial charge in [0.25, 0.3) is 0 Å². The maximum absolute atomic E-state index is 12.2. The summed E-state index contributed by atoms with van der Waals surface area (Å²) in [6.45, 7) is 4.44. The lowest BCUT2D eigenvalue weighted by Crippen LogP contribution is -2.43. The molecule has 2 aliphatic heterocycles. The first-order chi connectivity index (χ1) is 17.7. The summed E-state index contributed by atoms with van der Waals surface area (Å²) < 4.78 is 5.69. The van der Waals surface area contributed by atoms with E-state index in [1.807, 2.05) is 12.1 Å². The molecule has 5 rings (SSSR count). The van der Waals surface area contributed by atoms with Crippen molar-refractivity contribution in [3.05, 3.63) is 30.0 Å². The van der Waals surface area contributed by atoms with E-state index in [-0.39, 0.29) is 17.9 Å². The summed E-state index contributed by atoms with van der Waals surface area (Å²) in [7, 11) is 1.68. The molecule has 2 amide bonds. The molecule has 36 heavy (non-hydrogen) atoms. The summed E-state index contributed by atoms with van der Waals surface area (Å²) in [5, 5.41) is 9.56. The molecular formula is C26H35N7O3. The summed E-state index contributed by atoms with van der Waals surface area (Å²) in [5.74, 6) is 1.72. The highest BCUT2D eigenvalue weighted by Crippen LogP contribution is 2.34. The lowest BCUT2D eigenvalue weighted by atomic mass is 9.99. The number of hydrogen-bond donors (Lipinski definition) is 3. The molecule has 10 heteroatoms. The first kappa shape index (κ1) is 24.3. The second-order valence-electron chi connectivity index (χ2n) is 9.72. The fraction of sp³-hybridized carbons (Fsp3) is 0.538. The van der Waals surface area contributed by atoms with Gasteiger partial charge in [0.05, 0.1) is 12.8 Å². The average Bonchev–Trinajstić information content (AvgIpc) is 3.59. The zero-order valence-electron chi connectivity index (χ0n) is 20.8. The number of benzene rings is 1. The Morgan fingerprint density at radius 1 is 1.19 bits per heavy atom. The van der Waals surface area contributed by atoms with E-state index in [0.29, 0.717) is 24.7 Å². The van der Waals surface area contributed by atoms with E-state index in [9.17, 15) is 9.59 Å². The van der Waals surface area contributed by atoms with E-state index in [2.05, 4.69) is 31.9 Å². The van der Waals surface area contributed by atoms with Crippen molar-refractivity contribution in [3.8, 4) is 5.75 Å². The van der Waals surface area contributed by atoms with Gasteiger partial charge in [-0.1, -0.05) is 12.8 Å². The van der Waals surface area contributed by atoms with E-state index in [1.165, 1.54) is 0 Å². The van der Waals surface area contributed by atoms with Crippen LogP contribution < -0.4 is 30.5 Å². The van der Waals surface area contributed by atoms with Gasteiger partial charge in [-0.25, -0.2) is 4.98 Å². The zero-order valence-corrected chi connectivity index (χ0v) is 20.8. The number of aromatic nitrogens is 2. The second-order valence-corrected chi connectivity index (χ2v) is 9.72.